The van der Waals surface area contributed by atoms with Gasteiger partial charge in [-0.05, 0) is 43.4 Å². The predicted octanol–water partition coefficient (Wildman–Crippen LogP) is 3.59. The lowest BCUT2D eigenvalue weighted by atomic mass is 10.2. The van der Waals surface area contributed by atoms with Gasteiger partial charge in [0.15, 0.2) is 10.9 Å². The molecule has 1 N–H and O–H groups in total. The Kier molecular flexibility index (Phi) is 5.29. The first kappa shape index (κ1) is 17.9. The molecule has 2 aromatic heterocycles. The Hall–Kier alpha value is -2.54. The number of nitrogens with zero attached hydrogens (tertiary/aromatic N) is 3. The Bertz CT molecular complexity index is 888. The number of aromatic nitrogens is 3. The Morgan fingerprint density at radius 2 is 2.07 bits per heavy atom. The zero-order valence-electron chi connectivity index (χ0n) is 15.2. The molecule has 1 saturated carbocycles. The van der Waals surface area contributed by atoms with E-state index in [-0.39, 0.29) is 11.9 Å². The van der Waals surface area contributed by atoms with E-state index in [0.717, 1.165) is 5.56 Å². The van der Waals surface area contributed by atoms with Crippen LogP contribution in [0.15, 0.2) is 58.3 Å². The summed E-state index contributed by atoms with van der Waals surface area (Å²) >= 11 is 1.40. The van der Waals surface area contributed by atoms with Crippen LogP contribution in [0.5, 0.6) is 0 Å². The zero-order valence-corrected chi connectivity index (χ0v) is 16.0. The van der Waals surface area contributed by atoms with Crippen LogP contribution in [0.2, 0.25) is 0 Å². The first-order valence-corrected chi connectivity index (χ1v) is 10.1. The lowest BCUT2D eigenvalue weighted by Crippen LogP contribution is -2.35. The van der Waals surface area contributed by atoms with Crippen LogP contribution in [0.1, 0.15) is 25.3 Å². The molecule has 1 aromatic carbocycles. The van der Waals surface area contributed by atoms with Crippen molar-refractivity contribution in [2.24, 2.45) is 5.92 Å². The molecule has 0 unspecified atom stereocenters. The summed E-state index contributed by atoms with van der Waals surface area (Å²) in [6.45, 7) is 2.69. The van der Waals surface area contributed by atoms with Crippen molar-refractivity contribution >= 4 is 17.7 Å². The zero-order chi connectivity index (χ0) is 18.6. The first-order valence-electron chi connectivity index (χ1n) is 9.14. The number of carbonyl (C=O) groups excluding carboxylic acids is 1. The van der Waals surface area contributed by atoms with E-state index in [4.69, 9.17) is 4.42 Å². The summed E-state index contributed by atoms with van der Waals surface area (Å²) in [5, 5.41) is 12.4. The third-order valence-electron chi connectivity index (χ3n) is 4.69. The average Bonchev–Trinajstić information content (AvgIpc) is 3.25. The molecule has 27 heavy (non-hydrogen) atoms. The maximum atomic E-state index is 12.3. The molecule has 0 spiro atoms. The maximum absolute atomic E-state index is 12.3. The molecule has 1 amide bonds. The number of nitrogens with one attached hydrogen (secondary N) is 1. The van der Waals surface area contributed by atoms with Crippen LogP contribution in [0.25, 0.3) is 11.6 Å². The van der Waals surface area contributed by atoms with Gasteiger partial charge in [0, 0.05) is 6.04 Å². The van der Waals surface area contributed by atoms with Gasteiger partial charge in [-0.2, -0.15) is 0 Å². The molecule has 0 bridgehead atoms. The van der Waals surface area contributed by atoms with E-state index in [2.05, 4.69) is 34.6 Å². The van der Waals surface area contributed by atoms with Crippen molar-refractivity contribution in [2.45, 2.75) is 37.5 Å². The van der Waals surface area contributed by atoms with E-state index in [1.54, 1.807) is 6.26 Å². The summed E-state index contributed by atoms with van der Waals surface area (Å²) in [6, 6.07) is 14.1. The number of carbonyl (C=O) groups is 1. The fourth-order valence-corrected chi connectivity index (χ4v) is 3.78. The lowest BCUT2D eigenvalue weighted by Gasteiger charge is -2.13. The van der Waals surface area contributed by atoms with E-state index in [1.807, 2.05) is 34.9 Å². The number of furan rings is 1. The number of benzene rings is 1. The second-order valence-electron chi connectivity index (χ2n) is 6.84. The van der Waals surface area contributed by atoms with Crippen molar-refractivity contribution in [1.29, 1.82) is 0 Å². The molecule has 2 heterocycles. The van der Waals surface area contributed by atoms with Crippen molar-refractivity contribution < 1.29 is 9.21 Å². The van der Waals surface area contributed by atoms with Gasteiger partial charge in [-0.3, -0.25) is 9.36 Å². The van der Waals surface area contributed by atoms with Crippen LogP contribution >= 0.6 is 11.8 Å². The molecule has 4 rings (SSSR count). The Morgan fingerprint density at radius 1 is 1.26 bits per heavy atom. The van der Waals surface area contributed by atoms with Gasteiger partial charge in [-0.25, -0.2) is 0 Å². The largest absolute Gasteiger partial charge is 0.461 e. The number of thioether (sulfide) groups is 1. The molecular formula is C20H22N4O2S. The monoisotopic (exact) mass is 382 g/mol. The average molecular weight is 382 g/mol. The maximum Gasteiger partial charge on any atom is 0.230 e. The van der Waals surface area contributed by atoms with Crippen molar-refractivity contribution in [2.75, 3.05) is 5.75 Å². The van der Waals surface area contributed by atoms with Crippen LogP contribution in [0, 0.1) is 5.92 Å². The van der Waals surface area contributed by atoms with Crippen molar-refractivity contribution in [3.8, 4) is 11.6 Å². The Balaban J connectivity index is 1.50. The minimum absolute atomic E-state index is 0.0354. The van der Waals surface area contributed by atoms with E-state index in [9.17, 15) is 4.79 Å². The highest BCUT2D eigenvalue weighted by molar-refractivity contribution is 7.99. The molecule has 1 atom stereocenters. The summed E-state index contributed by atoms with van der Waals surface area (Å²) < 4.78 is 7.51. The quantitative estimate of drug-likeness (QED) is 0.603. The molecule has 0 aliphatic heterocycles. The topological polar surface area (TPSA) is 73.0 Å². The summed E-state index contributed by atoms with van der Waals surface area (Å²) in [5.74, 6) is 2.33. The van der Waals surface area contributed by atoms with E-state index in [1.165, 1.54) is 24.6 Å². The van der Waals surface area contributed by atoms with Crippen molar-refractivity contribution in [1.82, 2.24) is 20.1 Å². The lowest BCUT2D eigenvalue weighted by molar-refractivity contribution is -0.119. The minimum Gasteiger partial charge on any atom is -0.461 e. The van der Waals surface area contributed by atoms with E-state index < -0.39 is 0 Å². The molecule has 0 saturated heterocycles. The second kappa shape index (κ2) is 8.00. The molecule has 0 radical (unpaired) electrons. The summed E-state index contributed by atoms with van der Waals surface area (Å²) in [5.41, 5.74) is 1.14. The van der Waals surface area contributed by atoms with Gasteiger partial charge in [-0.1, -0.05) is 42.1 Å². The van der Waals surface area contributed by atoms with Crippen molar-refractivity contribution in [3.05, 3.63) is 54.3 Å². The van der Waals surface area contributed by atoms with E-state index >= 15 is 0 Å². The summed E-state index contributed by atoms with van der Waals surface area (Å²) in [4.78, 5) is 12.3. The second-order valence-corrected chi connectivity index (χ2v) is 7.78. The Morgan fingerprint density at radius 3 is 2.78 bits per heavy atom. The molecule has 1 aliphatic carbocycles. The highest BCUT2D eigenvalue weighted by Gasteiger charge is 2.29. The highest BCUT2D eigenvalue weighted by Crippen LogP contribution is 2.32. The van der Waals surface area contributed by atoms with Crippen LogP contribution in [-0.2, 0) is 11.3 Å². The van der Waals surface area contributed by atoms with Crippen LogP contribution in [0.3, 0.4) is 0 Å². The molecule has 3 aromatic rings. The molecule has 1 aliphatic rings. The van der Waals surface area contributed by atoms with Crippen molar-refractivity contribution in [3.63, 3.8) is 0 Å². The number of hydrogen-bond donors (Lipinski definition) is 1. The van der Waals surface area contributed by atoms with Crippen LogP contribution < -0.4 is 5.32 Å². The standard InChI is InChI=1S/C20H22N4O2S/c1-14(16-9-10-16)21-18(25)13-27-20-23-22-19(17-8-5-11-26-17)24(20)12-15-6-3-2-4-7-15/h2-8,11,14,16H,9-10,12-13H2,1H3,(H,21,25)/t14-/m0/s1. The van der Waals surface area contributed by atoms with Gasteiger partial charge >= 0.3 is 0 Å². The van der Waals surface area contributed by atoms with Gasteiger partial charge in [-0.15, -0.1) is 10.2 Å². The minimum atomic E-state index is 0.0354. The normalized spacial score (nSPS) is 14.9. The summed E-state index contributed by atoms with van der Waals surface area (Å²) in [7, 11) is 0. The Labute approximate surface area is 162 Å². The van der Waals surface area contributed by atoms with Crippen LogP contribution in [0.4, 0.5) is 0 Å². The molecule has 140 valence electrons. The smallest absolute Gasteiger partial charge is 0.230 e. The third-order valence-corrected chi connectivity index (χ3v) is 5.66. The van der Waals surface area contributed by atoms with E-state index in [0.29, 0.717) is 35.0 Å². The highest BCUT2D eigenvalue weighted by atomic mass is 32.2. The number of hydrogen-bond acceptors (Lipinski definition) is 5. The predicted molar refractivity (Wildman–Crippen MR) is 104 cm³/mol. The fraction of sp³-hybridized carbons (Fsp3) is 0.350. The SMILES string of the molecule is C[C@H](NC(=O)CSc1nnc(-c2ccco2)n1Cc1ccccc1)C1CC1. The van der Waals surface area contributed by atoms with Crippen LogP contribution in [-0.4, -0.2) is 32.5 Å². The fourth-order valence-electron chi connectivity index (χ4n) is 3.03. The van der Waals surface area contributed by atoms with Gasteiger partial charge in [0.25, 0.3) is 0 Å². The molecule has 1 fully saturated rings. The van der Waals surface area contributed by atoms with Gasteiger partial charge in [0.2, 0.25) is 11.7 Å². The molecule has 7 heteroatoms. The van der Waals surface area contributed by atoms with Gasteiger partial charge in [0.05, 0.1) is 18.6 Å². The number of rotatable bonds is 8. The van der Waals surface area contributed by atoms with Gasteiger partial charge in [0.1, 0.15) is 0 Å². The van der Waals surface area contributed by atoms with Gasteiger partial charge < -0.3 is 9.73 Å². The molecule has 6 nitrogen and oxygen atoms in total. The third kappa shape index (κ3) is 4.42. The number of amides is 1. The summed E-state index contributed by atoms with van der Waals surface area (Å²) in [6.07, 6.45) is 4.05. The molecular weight excluding hydrogens is 360 g/mol. The first-order chi connectivity index (χ1) is 13.2.